The number of hydrogen-bond acceptors (Lipinski definition) is 2. The maximum atomic E-state index is 6.26. The van der Waals surface area contributed by atoms with Crippen LogP contribution in [0.5, 0.6) is 0 Å². The first kappa shape index (κ1) is 9.47. The Morgan fingerprint density at radius 1 is 1.15 bits per heavy atom. The van der Waals surface area contributed by atoms with Crippen LogP contribution < -0.4 is 5.73 Å². The second kappa shape index (κ2) is 3.58. The number of nitrogens with two attached hydrogens (primary N) is 1. The lowest BCUT2D eigenvalue weighted by Crippen LogP contribution is -2.51. The summed E-state index contributed by atoms with van der Waals surface area (Å²) in [4.78, 5) is 2.53. The number of likely N-dealkylation sites (N-methyl/N-ethyl adjacent to an activating group) is 1. The zero-order chi connectivity index (χ0) is 9.31. The van der Waals surface area contributed by atoms with Crippen molar-refractivity contribution in [2.75, 3.05) is 13.6 Å². The second-order valence-corrected chi connectivity index (χ2v) is 4.83. The molecule has 1 unspecified atom stereocenters. The second-order valence-electron chi connectivity index (χ2n) is 4.83. The summed E-state index contributed by atoms with van der Waals surface area (Å²) in [5.74, 6) is 0. The summed E-state index contributed by atoms with van der Waals surface area (Å²) in [6, 6.07) is 0.440. The van der Waals surface area contributed by atoms with Gasteiger partial charge in [-0.1, -0.05) is 25.7 Å². The largest absolute Gasteiger partial charge is 0.326 e. The van der Waals surface area contributed by atoms with Crippen LogP contribution in [0, 0.1) is 0 Å². The van der Waals surface area contributed by atoms with Crippen molar-refractivity contribution in [1.82, 2.24) is 4.90 Å². The Morgan fingerprint density at radius 2 is 1.77 bits per heavy atom. The molecule has 2 nitrogen and oxygen atoms in total. The maximum absolute atomic E-state index is 6.26. The molecule has 0 aromatic heterocycles. The van der Waals surface area contributed by atoms with Crippen LogP contribution in [-0.2, 0) is 0 Å². The molecule has 0 amide bonds. The minimum Gasteiger partial charge on any atom is -0.326 e. The van der Waals surface area contributed by atoms with E-state index in [0.717, 1.165) is 0 Å². The molecule has 2 heteroatoms. The van der Waals surface area contributed by atoms with Crippen LogP contribution >= 0.6 is 0 Å². The lowest BCUT2D eigenvalue weighted by molar-refractivity contribution is 0.136. The highest BCUT2D eigenvalue weighted by Gasteiger charge is 2.44. The molecule has 0 aromatic carbocycles. The van der Waals surface area contributed by atoms with Crippen molar-refractivity contribution >= 4 is 0 Å². The Kier molecular flexibility index (Phi) is 2.61. The van der Waals surface area contributed by atoms with E-state index in [2.05, 4.69) is 11.9 Å². The van der Waals surface area contributed by atoms with E-state index in [1.54, 1.807) is 0 Å². The monoisotopic (exact) mass is 182 g/mol. The molecule has 2 N–H and O–H groups in total. The molecule has 2 fully saturated rings. The van der Waals surface area contributed by atoms with Crippen molar-refractivity contribution < 1.29 is 0 Å². The highest BCUT2D eigenvalue weighted by Crippen LogP contribution is 2.38. The van der Waals surface area contributed by atoms with Gasteiger partial charge in [0.15, 0.2) is 0 Å². The van der Waals surface area contributed by atoms with Crippen LogP contribution in [0.4, 0.5) is 0 Å². The van der Waals surface area contributed by atoms with Crippen LogP contribution in [0.2, 0.25) is 0 Å². The fourth-order valence-electron chi connectivity index (χ4n) is 3.20. The summed E-state index contributed by atoms with van der Waals surface area (Å²) in [5, 5.41) is 0. The summed E-state index contributed by atoms with van der Waals surface area (Å²) in [7, 11) is 2.26. The average Bonchev–Trinajstić information content (AvgIpc) is 2.38. The van der Waals surface area contributed by atoms with E-state index in [9.17, 15) is 0 Å². The predicted molar refractivity (Wildman–Crippen MR) is 55.7 cm³/mol. The first-order valence-electron chi connectivity index (χ1n) is 5.72. The van der Waals surface area contributed by atoms with Gasteiger partial charge in [-0.05, 0) is 32.9 Å². The zero-order valence-electron chi connectivity index (χ0n) is 8.76. The molecule has 1 aliphatic carbocycles. The van der Waals surface area contributed by atoms with Crippen molar-refractivity contribution in [3.05, 3.63) is 0 Å². The normalized spacial score (nSPS) is 35.1. The Bertz CT molecular complexity index is 159. The van der Waals surface area contributed by atoms with Gasteiger partial charge in [-0.3, -0.25) is 4.90 Å². The highest BCUT2D eigenvalue weighted by atomic mass is 15.2. The fraction of sp³-hybridized carbons (Fsp3) is 1.00. The van der Waals surface area contributed by atoms with E-state index in [1.165, 1.54) is 51.5 Å². The molecule has 1 atom stereocenters. The molecule has 0 aromatic rings. The molecule has 0 bridgehead atoms. The van der Waals surface area contributed by atoms with Gasteiger partial charge in [0.25, 0.3) is 0 Å². The van der Waals surface area contributed by atoms with E-state index >= 15 is 0 Å². The van der Waals surface area contributed by atoms with E-state index in [1.807, 2.05) is 0 Å². The van der Waals surface area contributed by atoms with Crippen LogP contribution in [0.1, 0.15) is 44.9 Å². The average molecular weight is 182 g/mol. The zero-order valence-corrected chi connectivity index (χ0v) is 8.76. The summed E-state index contributed by atoms with van der Waals surface area (Å²) in [6.07, 6.45) is 9.49. The summed E-state index contributed by atoms with van der Waals surface area (Å²) >= 11 is 0. The maximum Gasteiger partial charge on any atom is 0.0357 e. The van der Waals surface area contributed by atoms with Gasteiger partial charge in [0.05, 0.1) is 0 Å². The molecular formula is C11H22N2. The quantitative estimate of drug-likeness (QED) is 0.618. The Balaban J connectivity index is 2.14. The number of hydrogen-bond donors (Lipinski definition) is 1. The van der Waals surface area contributed by atoms with Gasteiger partial charge >= 0.3 is 0 Å². The topological polar surface area (TPSA) is 29.3 Å². The van der Waals surface area contributed by atoms with Gasteiger partial charge in [0, 0.05) is 11.6 Å². The Morgan fingerprint density at radius 3 is 2.23 bits per heavy atom. The number of nitrogens with zero attached hydrogens (tertiary/aromatic N) is 1. The van der Waals surface area contributed by atoms with Gasteiger partial charge in [-0.15, -0.1) is 0 Å². The molecule has 1 heterocycles. The van der Waals surface area contributed by atoms with Gasteiger partial charge in [0.2, 0.25) is 0 Å². The van der Waals surface area contributed by atoms with E-state index in [0.29, 0.717) is 11.6 Å². The molecule has 13 heavy (non-hydrogen) atoms. The first-order chi connectivity index (χ1) is 6.26. The van der Waals surface area contributed by atoms with Gasteiger partial charge in [0.1, 0.15) is 0 Å². The van der Waals surface area contributed by atoms with Gasteiger partial charge in [-0.2, -0.15) is 0 Å². The standard InChI is InChI=1S/C11H22N2/c1-13-9-6-10(12)11(13)7-4-2-3-5-8-11/h10H,2-9,12H2,1H3. The lowest BCUT2D eigenvalue weighted by Gasteiger charge is -2.38. The van der Waals surface area contributed by atoms with Crippen LogP contribution in [-0.4, -0.2) is 30.1 Å². The van der Waals surface area contributed by atoms with Crippen molar-refractivity contribution in [3.8, 4) is 0 Å². The molecular weight excluding hydrogens is 160 g/mol. The molecule has 76 valence electrons. The fourth-order valence-corrected chi connectivity index (χ4v) is 3.20. The van der Waals surface area contributed by atoms with Crippen molar-refractivity contribution in [1.29, 1.82) is 0 Å². The molecule has 1 spiro atoms. The molecule has 1 saturated heterocycles. The Hall–Kier alpha value is -0.0800. The molecule has 0 radical (unpaired) electrons. The molecule has 2 rings (SSSR count). The van der Waals surface area contributed by atoms with Crippen molar-refractivity contribution in [2.45, 2.75) is 56.5 Å². The minimum atomic E-state index is 0.385. The van der Waals surface area contributed by atoms with Crippen LogP contribution in [0.3, 0.4) is 0 Å². The summed E-state index contributed by atoms with van der Waals surface area (Å²) in [6.45, 7) is 1.21. The number of rotatable bonds is 0. The third-order valence-corrected chi connectivity index (χ3v) is 4.20. The van der Waals surface area contributed by atoms with E-state index < -0.39 is 0 Å². The van der Waals surface area contributed by atoms with Crippen LogP contribution in [0.15, 0.2) is 0 Å². The smallest absolute Gasteiger partial charge is 0.0357 e. The Labute approximate surface area is 81.5 Å². The third-order valence-electron chi connectivity index (χ3n) is 4.20. The molecule has 1 aliphatic heterocycles. The highest BCUT2D eigenvalue weighted by molar-refractivity contribution is 5.03. The summed E-state index contributed by atoms with van der Waals surface area (Å²) < 4.78 is 0. The summed E-state index contributed by atoms with van der Waals surface area (Å²) in [5.41, 5.74) is 6.65. The number of likely N-dealkylation sites (tertiary alicyclic amines) is 1. The van der Waals surface area contributed by atoms with Crippen molar-refractivity contribution in [3.63, 3.8) is 0 Å². The van der Waals surface area contributed by atoms with Crippen LogP contribution in [0.25, 0.3) is 0 Å². The molecule has 1 saturated carbocycles. The lowest BCUT2D eigenvalue weighted by atomic mass is 9.84. The van der Waals surface area contributed by atoms with Crippen molar-refractivity contribution in [2.24, 2.45) is 5.73 Å². The van der Waals surface area contributed by atoms with Gasteiger partial charge in [-0.25, -0.2) is 0 Å². The SMILES string of the molecule is CN1CCC(N)C12CCCCCC2. The predicted octanol–water partition coefficient (Wildman–Crippen LogP) is 1.74. The third kappa shape index (κ3) is 1.50. The molecule has 2 aliphatic rings. The van der Waals surface area contributed by atoms with Gasteiger partial charge < -0.3 is 5.73 Å². The van der Waals surface area contributed by atoms with E-state index in [-0.39, 0.29) is 0 Å². The van der Waals surface area contributed by atoms with E-state index in [4.69, 9.17) is 5.73 Å². The minimum absolute atomic E-state index is 0.385. The first-order valence-corrected chi connectivity index (χ1v) is 5.72.